The number of rotatable bonds is 4. The van der Waals surface area contributed by atoms with Crippen LogP contribution in [0, 0.1) is 0 Å². The van der Waals surface area contributed by atoms with Crippen molar-refractivity contribution in [2.45, 2.75) is 12.5 Å². The second kappa shape index (κ2) is 6.63. The Hall–Kier alpha value is -2.56. The van der Waals surface area contributed by atoms with E-state index in [2.05, 4.69) is 0 Å². The number of fused-ring (bicyclic) bond motifs is 1. The average molecular weight is 385 g/mol. The molecule has 130 valence electrons. The standard InChI is InChI=1S/C20H14Cl2N2O2/c21-15-9-8-14(11-16(15)22)24-18(17-7-4-10-23(17)20(24)26)12-19(25)13-5-2-1-3-6-13/h1-11,18H,12H2. The monoisotopic (exact) mass is 384 g/mol. The normalized spacial score (nSPS) is 16.0. The highest BCUT2D eigenvalue weighted by atomic mass is 35.5. The van der Waals surface area contributed by atoms with Crippen LogP contribution in [-0.4, -0.2) is 16.4 Å². The predicted molar refractivity (Wildman–Crippen MR) is 102 cm³/mol. The van der Waals surface area contributed by atoms with Crippen molar-refractivity contribution in [2.75, 3.05) is 4.90 Å². The zero-order chi connectivity index (χ0) is 18.3. The lowest BCUT2D eigenvalue weighted by atomic mass is 10.0. The number of anilines is 1. The first kappa shape index (κ1) is 16.9. The van der Waals surface area contributed by atoms with Gasteiger partial charge in [-0.2, -0.15) is 0 Å². The number of benzene rings is 2. The lowest BCUT2D eigenvalue weighted by Gasteiger charge is -2.24. The Bertz CT molecular complexity index is 998. The molecule has 1 atom stereocenters. The van der Waals surface area contributed by atoms with Gasteiger partial charge >= 0.3 is 6.03 Å². The van der Waals surface area contributed by atoms with Crippen LogP contribution in [-0.2, 0) is 0 Å². The molecule has 0 saturated carbocycles. The van der Waals surface area contributed by atoms with E-state index in [1.807, 2.05) is 24.3 Å². The maximum Gasteiger partial charge on any atom is 0.333 e. The second-order valence-electron chi connectivity index (χ2n) is 6.06. The van der Waals surface area contributed by atoms with Crippen molar-refractivity contribution in [3.63, 3.8) is 0 Å². The molecular formula is C20H14Cl2N2O2. The van der Waals surface area contributed by atoms with Crippen LogP contribution >= 0.6 is 23.2 Å². The molecule has 4 rings (SSSR count). The molecule has 3 aromatic rings. The number of aromatic nitrogens is 1. The smallest absolute Gasteiger partial charge is 0.294 e. The minimum absolute atomic E-state index is 0.0249. The molecule has 6 heteroatoms. The molecule has 1 aliphatic heterocycles. The number of ketones is 1. The number of nitrogens with zero attached hydrogens (tertiary/aromatic N) is 2. The Kier molecular flexibility index (Phi) is 4.31. The van der Waals surface area contributed by atoms with Crippen LogP contribution in [0.2, 0.25) is 10.0 Å². The first-order valence-corrected chi connectivity index (χ1v) is 8.86. The molecule has 0 N–H and O–H groups in total. The average Bonchev–Trinajstić information content (AvgIpc) is 3.22. The summed E-state index contributed by atoms with van der Waals surface area (Å²) in [5, 5.41) is 0.778. The zero-order valence-electron chi connectivity index (χ0n) is 13.6. The Morgan fingerprint density at radius 1 is 0.962 bits per heavy atom. The fourth-order valence-electron chi connectivity index (χ4n) is 3.26. The SMILES string of the molecule is O=C(CC1c2cccn2C(=O)N1c1ccc(Cl)c(Cl)c1)c1ccccc1. The molecule has 1 amide bonds. The molecule has 26 heavy (non-hydrogen) atoms. The lowest BCUT2D eigenvalue weighted by molar-refractivity contribution is 0.0974. The van der Waals surface area contributed by atoms with Gasteiger partial charge in [0.05, 0.1) is 21.8 Å². The van der Waals surface area contributed by atoms with Crippen molar-refractivity contribution in [1.82, 2.24) is 4.57 Å². The Morgan fingerprint density at radius 3 is 2.46 bits per heavy atom. The van der Waals surface area contributed by atoms with Gasteiger partial charge in [0, 0.05) is 23.9 Å². The fourth-order valence-corrected chi connectivity index (χ4v) is 3.55. The van der Waals surface area contributed by atoms with Gasteiger partial charge < -0.3 is 0 Å². The van der Waals surface area contributed by atoms with Gasteiger partial charge in [0.15, 0.2) is 5.78 Å². The first-order chi connectivity index (χ1) is 12.6. The largest absolute Gasteiger partial charge is 0.333 e. The van der Waals surface area contributed by atoms with Gasteiger partial charge in [-0.1, -0.05) is 53.5 Å². The Labute approximate surface area is 160 Å². The number of hydrogen-bond donors (Lipinski definition) is 0. The molecule has 2 heterocycles. The number of carbonyl (C=O) groups excluding carboxylic acids is 2. The van der Waals surface area contributed by atoms with E-state index in [-0.39, 0.29) is 18.2 Å². The van der Waals surface area contributed by atoms with Crippen LogP contribution < -0.4 is 4.90 Å². The summed E-state index contributed by atoms with van der Waals surface area (Å²) in [6.07, 6.45) is 1.88. The van der Waals surface area contributed by atoms with Crippen LogP contribution in [0.1, 0.15) is 28.5 Å². The molecule has 1 aliphatic rings. The quantitative estimate of drug-likeness (QED) is 0.549. The van der Waals surface area contributed by atoms with Gasteiger partial charge in [-0.05, 0) is 30.3 Å². The van der Waals surface area contributed by atoms with Gasteiger partial charge in [0.25, 0.3) is 0 Å². The molecule has 0 radical (unpaired) electrons. The van der Waals surface area contributed by atoms with Gasteiger partial charge in [0.2, 0.25) is 0 Å². The van der Waals surface area contributed by atoms with Crippen LogP contribution in [0.15, 0.2) is 66.9 Å². The van der Waals surface area contributed by atoms with Crippen molar-refractivity contribution in [2.24, 2.45) is 0 Å². The molecule has 0 spiro atoms. The minimum atomic E-state index is -0.401. The molecule has 1 unspecified atom stereocenters. The molecule has 4 nitrogen and oxygen atoms in total. The maximum atomic E-state index is 12.9. The summed E-state index contributed by atoms with van der Waals surface area (Å²) < 4.78 is 1.56. The predicted octanol–water partition coefficient (Wildman–Crippen LogP) is 5.60. The second-order valence-corrected chi connectivity index (χ2v) is 6.88. The lowest BCUT2D eigenvalue weighted by Crippen LogP contribution is -2.30. The third-order valence-corrected chi connectivity index (χ3v) is 5.24. The van der Waals surface area contributed by atoms with Crippen molar-refractivity contribution in [3.05, 3.63) is 88.2 Å². The van der Waals surface area contributed by atoms with E-state index in [1.54, 1.807) is 52.1 Å². The molecule has 0 bridgehead atoms. The topological polar surface area (TPSA) is 42.3 Å². The fraction of sp³-hybridized carbons (Fsp3) is 0.100. The van der Waals surface area contributed by atoms with E-state index in [4.69, 9.17) is 23.2 Å². The van der Waals surface area contributed by atoms with Crippen molar-refractivity contribution >= 4 is 40.7 Å². The summed E-state index contributed by atoms with van der Waals surface area (Å²) in [4.78, 5) is 27.2. The summed E-state index contributed by atoms with van der Waals surface area (Å²) in [6.45, 7) is 0. The van der Waals surface area contributed by atoms with Crippen molar-refractivity contribution in [1.29, 1.82) is 0 Å². The highest BCUT2D eigenvalue weighted by Crippen LogP contribution is 2.39. The van der Waals surface area contributed by atoms with Gasteiger partial charge in [0.1, 0.15) is 0 Å². The van der Waals surface area contributed by atoms with E-state index in [0.29, 0.717) is 21.3 Å². The Balaban J connectivity index is 1.72. The molecule has 0 saturated heterocycles. The number of amides is 1. The first-order valence-electron chi connectivity index (χ1n) is 8.10. The summed E-state index contributed by atoms with van der Waals surface area (Å²) in [6, 6.07) is 17.2. The molecule has 1 aromatic heterocycles. The van der Waals surface area contributed by atoms with Crippen molar-refractivity contribution in [3.8, 4) is 0 Å². The molecule has 2 aromatic carbocycles. The van der Waals surface area contributed by atoms with E-state index < -0.39 is 6.04 Å². The highest BCUT2D eigenvalue weighted by molar-refractivity contribution is 6.42. The van der Waals surface area contributed by atoms with E-state index in [9.17, 15) is 9.59 Å². The molecule has 0 aliphatic carbocycles. The minimum Gasteiger partial charge on any atom is -0.294 e. The van der Waals surface area contributed by atoms with Crippen LogP contribution in [0.4, 0.5) is 10.5 Å². The Morgan fingerprint density at radius 2 is 1.73 bits per heavy atom. The van der Waals surface area contributed by atoms with Gasteiger partial charge in [-0.15, -0.1) is 0 Å². The summed E-state index contributed by atoms with van der Waals surface area (Å²) in [7, 11) is 0. The number of Topliss-reactive ketones (excluding diaryl/α,β-unsaturated/α-hetero) is 1. The maximum absolute atomic E-state index is 12.9. The van der Waals surface area contributed by atoms with E-state index in [0.717, 1.165) is 5.69 Å². The molecular weight excluding hydrogens is 371 g/mol. The van der Waals surface area contributed by atoms with E-state index in [1.165, 1.54) is 0 Å². The van der Waals surface area contributed by atoms with E-state index >= 15 is 0 Å². The summed E-state index contributed by atoms with van der Waals surface area (Å²) >= 11 is 12.1. The number of halogens is 2. The van der Waals surface area contributed by atoms with Crippen LogP contribution in [0.25, 0.3) is 0 Å². The van der Waals surface area contributed by atoms with Crippen molar-refractivity contribution < 1.29 is 9.59 Å². The molecule has 0 fully saturated rings. The number of hydrogen-bond acceptors (Lipinski definition) is 2. The zero-order valence-corrected chi connectivity index (χ0v) is 15.1. The summed E-state index contributed by atoms with van der Waals surface area (Å²) in [5.74, 6) is -0.0249. The van der Waals surface area contributed by atoms with Crippen LogP contribution in [0.5, 0.6) is 0 Å². The number of carbonyl (C=O) groups is 2. The third-order valence-electron chi connectivity index (χ3n) is 4.50. The van der Waals surface area contributed by atoms with Gasteiger partial charge in [-0.3, -0.25) is 14.3 Å². The summed E-state index contributed by atoms with van der Waals surface area (Å²) in [5.41, 5.74) is 2.02. The third kappa shape index (κ3) is 2.81. The highest BCUT2D eigenvalue weighted by Gasteiger charge is 2.38. The van der Waals surface area contributed by atoms with Gasteiger partial charge in [-0.25, -0.2) is 4.79 Å². The van der Waals surface area contributed by atoms with Crippen LogP contribution in [0.3, 0.4) is 0 Å².